The van der Waals surface area contributed by atoms with Gasteiger partial charge >= 0.3 is 12.0 Å². The average molecular weight is 333 g/mol. The van der Waals surface area contributed by atoms with E-state index in [1.54, 1.807) is 6.07 Å². The van der Waals surface area contributed by atoms with Crippen LogP contribution in [0, 0.1) is 5.82 Å². The Morgan fingerprint density at radius 1 is 1.47 bits per heavy atom. The highest BCUT2D eigenvalue weighted by molar-refractivity contribution is 9.10. The van der Waals surface area contributed by atoms with Gasteiger partial charge in [0.2, 0.25) is 0 Å². The second kappa shape index (κ2) is 7.08. The number of aliphatic carboxylic acids is 1. The summed E-state index contributed by atoms with van der Waals surface area (Å²) in [6, 6.07) is 3.88. The highest BCUT2D eigenvalue weighted by Gasteiger charge is 2.13. The molecule has 2 N–H and O–H groups in total. The molecule has 0 aliphatic carbocycles. The predicted molar refractivity (Wildman–Crippen MR) is 72.6 cm³/mol. The summed E-state index contributed by atoms with van der Waals surface area (Å²) in [5, 5.41) is 10.9. The van der Waals surface area contributed by atoms with Crippen LogP contribution in [0.3, 0.4) is 0 Å². The second-order valence-corrected chi connectivity index (χ2v) is 4.80. The summed E-state index contributed by atoms with van der Waals surface area (Å²) >= 11 is 3.15. The number of carboxylic acid groups (broad SMARTS) is 1. The van der Waals surface area contributed by atoms with Crippen LogP contribution in [0.4, 0.5) is 14.9 Å². The Kier molecular flexibility index (Phi) is 5.75. The average Bonchev–Trinajstić information content (AvgIpc) is 2.33. The number of amides is 2. The molecule has 2 amide bonds. The number of hydrogen-bond acceptors (Lipinski definition) is 2. The summed E-state index contributed by atoms with van der Waals surface area (Å²) in [4.78, 5) is 23.4. The van der Waals surface area contributed by atoms with Gasteiger partial charge in [-0.15, -0.1) is 0 Å². The maximum atomic E-state index is 13.5. The fourth-order valence-corrected chi connectivity index (χ4v) is 1.83. The van der Waals surface area contributed by atoms with Crippen molar-refractivity contribution in [2.24, 2.45) is 0 Å². The minimum Gasteiger partial charge on any atom is -0.481 e. The molecule has 5 nitrogen and oxygen atoms in total. The number of anilines is 1. The quantitative estimate of drug-likeness (QED) is 0.870. The van der Waals surface area contributed by atoms with E-state index in [1.807, 2.05) is 0 Å². The molecule has 7 heteroatoms. The molecule has 1 rings (SSSR count). The molecular weight excluding hydrogens is 319 g/mol. The van der Waals surface area contributed by atoms with Crippen LogP contribution in [-0.4, -0.2) is 35.6 Å². The second-order valence-electron chi connectivity index (χ2n) is 3.95. The number of para-hydroxylation sites is 1. The van der Waals surface area contributed by atoms with E-state index in [4.69, 9.17) is 5.11 Å². The lowest BCUT2D eigenvalue weighted by Crippen LogP contribution is -2.32. The van der Waals surface area contributed by atoms with Gasteiger partial charge < -0.3 is 15.3 Å². The SMILES string of the molecule is CN(CCCC(=O)O)C(=O)Nc1c(F)cccc1Br. The Hall–Kier alpha value is -1.63. The molecular formula is C12H14BrFN2O3. The van der Waals surface area contributed by atoms with E-state index in [2.05, 4.69) is 21.2 Å². The number of carboxylic acids is 1. The van der Waals surface area contributed by atoms with Gasteiger partial charge in [-0.05, 0) is 34.5 Å². The first-order valence-corrected chi connectivity index (χ1v) is 6.39. The minimum absolute atomic E-state index is 0.0129. The van der Waals surface area contributed by atoms with Gasteiger partial charge in [-0.2, -0.15) is 0 Å². The van der Waals surface area contributed by atoms with Crippen LogP contribution in [0.1, 0.15) is 12.8 Å². The van der Waals surface area contributed by atoms with Crippen molar-refractivity contribution in [3.63, 3.8) is 0 Å². The van der Waals surface area contributed by atoms with Gasteiger partial charge in [0, 0.05) is 24.5 Å². The number of rotatable bonds is 5. The van der Waals surface area contributed by atoms with Gasteiger partial charge in [-0.3, -0.25) is 4.79 Å². The summed E-state index contributed by atoms with van der Waals surface area (Å²) in [7, 11) is 1.52. The summed E-state index contributed by atoms with van der Waals surface area (Å²) in [6.07, 6.45) is 0.332. The molecule has 0 aromatic heterocycles. The monoisotopic (exact) mass is 332 g/mol. The molecule has 0 unspecified atom stereocenters. The molecule has 1 aromatic rings. The third-order valence-electron chi connectivity index (χ3n) is 2.43. The normalized spacial score (nSPS) is 10.1. The molecule has 1 aromatic carbocycles. The number of nitrogens with zero attached hydrogens (tertiary/aromatic N) is 1. The zero-order chi connectivity index (χ0) is 14.4. The smallest absolute Gasteiger partial charge is 0.321 e. The van der Waals surface area contributed by atoms with Crippen LogP contribution >= 0.6 is 15.9 Å². The zero-order valence-electron chi connectivity index (χ0n) is 10.3. The van der Waals surface area contributed by atoms with Crippen molar-refractivity contribution in [2.45, 2.75) is 12.8 Å². The van der Waals surface area contributed by atoms with Crippen LogP contribution < -0.4 is 5.32 Å². The minimum atomic E-state index is -0.911. The van der Waals surface area contributed by atoms with Crippen LogP contribution in [0.25, 0.3) is 0 Å². The zero-order valence-corrected chi connectivity index (χ0v) is 11.9. The molecule has 0 spiro atoms. The molecule has 0 aliphatic heterocycles. The molecule has 0 saturated carbocycles. The van der Waals surface area contributed by atoms with E-state index in [-0.39, 0.29) is 18.7 Å². The summed E-state index contributed by atoms with van der Waals surface area (Å²) in [5.41, 5.74) is 0.0672. The van der Waals surface area contributed by atoms with Gasteiger partial charge in [0.1, 0.15) is 5.82 Å². The maximum Gasteiger partial charge on any atom is 0.321 e. The molecule has 0 aliphatic rings. The Bertz CT molecular complexity index is 462. The Morgan fingerprint density at radius 3 is 2.74 bits per heavy atom. The molecule has 19 heavy (non-hydrogen) atoms. The topological polar surface area (TPSA) is 69.6 Å². The number of hydrogen-bond donors (Lipinski definition) is 2. The fraction of sp³-hybridized carbons (Fsp3) is 0.333. The van der Waals surface area contributed by atoms with Crippen LogP contribution in [0.15, 0.2) is 22.7 Å². The fourth-order valence-electron chi connectivity index (χ4n) is 1.39. The molecule has 0 heterocycles. The van der Waals surface area contributed by atoms with Crippen molar-refractivity contribution in [3.8, 4) is 0 Å². The number of carbonyl (C=O) groups is 2. The van der Waals surface area contributed by atoms with E-state index in [1.165, 1.54) is 24.1 Å². The summed E-state index contributed by atoms with van der Waals surface area (Å²) in [5.74, 6) is -1.45. The van der Waals surface area contributed by atoms with Crippen LogP contribution in [0.5, 0.6) is 0 Å². The Morgan fingerprint density at radius 2 is 2.16 bits per heavy atom. The standard InChI is InChI=1S/C12H14BrFN2O3/c1-16(7-3-6-10(17)18)12(19)15-11-8(13)4-2-5-9(11)14/h2,4-5H,3,6-7H2,1H3,(H,15,19)(H,17,18). The van der Waals surface area contributed by atoms with Crippen molar-refractivity contribution in [1.29, 1.82) is 0 Å². The lowest BCUT2D eigenvalue weighted by molar-refractivity contribution is -0.137. The highest BCUT2D eigenvalue weighted by Crippen LogP contribution is 2.25. The number of nitrogens with one attached hydrogen (secondary N) is 1. The molecule has 0 radical (unpaired) electrons. The number of benzene rings is 1. The number of carbonyl (C=O) groups excluding carboxylic acids is 1. The van der Waals surface area contributed by atoms with E-state index >= 15 is 0 Å². The lowest BCUT2D eigenvalue weighted by atomic mass is 10.3. The van der Waals surface area contributed by atoms with E-state index in [0.29, 0.717) is 10.9 Å². The van der Waals surface area contributed by atoms with E-state index in [9.17, 15) is 14.0 Å². The number of halogens is 2. The van der Waals surface area contributed by atoms with Crippen molar-refractivity contribution in [1.82, 2.24) is 4.90 Å². The van der Waals surface area contributed by atoms with Gasteiger partial charge in [0.05, 0.1) is 5.69 Å². The van der Waals surface area contributed by atoms with Crippen LogP contribution in [0.2, 0.25) is 0 Å². The van der Waals surface area contributed by atoms with Crippen LogP contribution in [-0.2, 0) is 4.79 Å². The molecule has 0 saturated heterocycles. The first-order chi connectivity index (χ1) is 8.91. The van der Waals surface area contributed by atoms with E-state index < -0.39 is 17.8 Å². The van der Waals surface area contributed by atoms with Gasteiger partial charge in [-0.25, -0.2) is 9.18 Å². The van der Waals surface area contributed by atoms with Crippen molar-refractivity contribution < 1.29 is 19.1 Å². The first-order valence-electron chi connectivity index (χ1n) is 5.59. The Balaban J connectivity index is 2.57. The van der Waals surface area contributed by atoms with Gasteiger partial charge in [-0.1, -0.05) is 6.07 Å². The molecule has 0 fully saturated rings. The molecule has 0 atom stereocenters. The highest BCUT2D eigenvalue weighted by atomic mass is 79.9. The molecule has 104 valence electrons. The largest absolute Gasteiger partial charge is 0.481 e. The van der Waals surface area contributed by atoms with Crippen molar-refractivity contribution >= 4 is 33.6 Å². The maximum absolute atomic E-state index is 13.5. The summed E-state index contributed by atoms with van der Waals surface area (Å²) < 4.78 is 13.9. The first kappa shape index (κ1) is 15.4. The molecule has 0 bridgehead atoms. The third kappa shape index (κ3) is 4.86. The van der Waals surface area contributed by atoms with E-state index in [0.717, 1.165) is 0 Å². The van der Waals surface area contributed by atoms with Crippen molar-refractivity contribution in [3.05, 3.63) is 28.5 Å². The Labute approximate surface area is 118 Å². The number of urea groups is 1. The third-order valence-corrected chi connectivity index (χ3v) is 3.09. The lowest BCUT2D eigenvalue weighted by Gasteiger charge is -2.18. The van der Waals surface area contributed by atoms with Gasteiger partial charge in [0.15, 0.2) is 0 Å². The summed E-state index contributed by atoms with van der Waals surface area (Å²) in [6.45, 7) is 0.282. The van der Waals surface area contributed by atoms with Crippen molar-refractivity contribution in [2.75, 3.05) is 18.9 Å². The van der Waals surface area contributed by atoms with Gasteiger partial charge in [0.25, 0.3) is 0 Å². The predicted octanol–water partition coefficient (Wildman–Crippen LogP) is 2.92.